The van der Waals surface area contributed by atoms with E-state index in [4.69, 9.17) is 5.26 Å². The summed E-state index contributed by atoms with van der Waals surface area (Å²) < 4.78 is 0. The Morgan fingerprint density at radius 3 is 2.52 bits per heavy atom. The molecular formula is C19H18N6. The minimum absolute atomic E-state index is 0.360. The molecular weight excluding hydrogens is 312 g/mol. The van der Waals surface area contributed by atoms with Gasteiger partial charge in [0.25, 0.3) is 0 Å². The zero-order chi connectivity index (χ0) is 17.6. The van der Waals surface area contributed by atoms with Crippen molar-refractivity contribution in [1.29, 1.82) is 5.26 Å². The van der Waals surface area contributed by atoms with Crippen molar-refractivity contribution in [3.63, 3.8) is 0 Å². The number of hydrogen-bond donors (Lipinski definition) is 2. The molecule has 2 N–H and O–H groups in total. The largest absolute Gasteiger partial charge is 0.339 e. The van der Waals surface area contributed by atoms with Crippen LogP contribution in [0.15, 0.2) is 54.7 Å². The van der Waals surface area contributed by atoms with Crippen molar-refractivity contribution in [1.82, 2.24) is 15.2 Å². The first-order chi connectivity index (χ1) is 12.1. The molecule has 3 aromatic rings. The van der Waals surface area contributed by atoms with E-state index >= 15 is 0 Å². The smallest absolute Gasteiger partial charge is 0.249 e. The topological polar surface area (TPSA) is 86.5 Å². The summed E-state index contributed by atoms with van der Waals surface area (Å²) in [6.07, 6.45) is 1.56. The fourth-order valence-electron chi connectivity index (χ4n) is 2.31. The highest BCUT2D eigenvalue weighted by molar-refractivity contribution is 5.59. The average Bonchev–Trinajstić information content (AvgIpc) is 2.62. The molecule has 0 saturated carbocycles. The first kappa shape index (κ1) is 16.4. The summed E-state index contributed by atoms with van der Waals surface area (Å²) in [6.45, 7) is 4.33. The van der Waals surface area contributed by atoms with Crippen LogP contribution < -0.4 is 10.6 Å². The molecule has 0 radical (unpaired) electrons. The van der Waals surface area contributed by atoms with Gasteiger partial charge in [-0.3, -0.25) is 0 Å². The molecule has 0 saturated heterocycles. The average molecular weight is 330 g/mol. The van der Waals surface area contributed by atoms with Gasteiger partial charge in [-0.1, -0.05) is 32.0 Å². The third kappa shape index (κ3) is 4.30. The first-order valence-electron chi connectivity index (χ1n) is 7.98. The Kier molecular flexibility index (Phi) is 4.86. The van der Waals surface area contributed by atoms with E-state index in [0.717, 1.165) is 11.4 Å². The molecule has 0 atom stereocenters. The van der Waals surface area contributed by atoms with E-state index < -0.39 is 0 Å². The number of anilines is 4. The number of hydrogen-bond acceptors (Lipinski definition) is 6. The van der Waals surface area contributed by atoms with Gasteiger partial charge in [0, 0.05) is 11.4 Å². The summed E-state index contributed by atoms with van der Waals surface area (Å²) in [4.78, 5) is 4.40. The molecule has 0 amide bonds. The number of nitrogens with zero attached hydrogens (tertiary/aromatic N) is 4. The van der Waals surface area contributed by atoms with Crippen molar-refractivity contribution >= 4 is 23.1 Å². The third-order valence-electron chi connectivity index (χ3n) is 3.66. The standard InChI is InChI=1S/C19H18N6/c1-13(2)15-6-8-16(9-7-15)22-18-12-21-25-19(24-18)23-17-5-3-4-14(10-17)11-20/h3-10,12-13H,1-2H3,(H2,22,23,24,25). The molecule has 0 aliphatic heterocycles. The van der Waals surface area contributed by atoms with Crippen molar-refractivity contribution < 1.29 is 0 Å². The van der Waals surface area contributed by atoms with Gasteiger partial charge in [-0.25, -0.2) is 0 Å². The Morgan fingerprint density at radius 2 is 1.80 bits per heavy atom. The van der Waals surface area contributed by atoms with Crippen LogP contribution in [-0.2, 0) is 0 Å². The lowest BCUT2D eigenvalue weighted by Crippen LogP contribution is -2.02. The van der Waals surface area contributed by atoms with E-state index in [-0.39, 0.29) is 0 Å². The van der Waals surface area contributed by atoms with E-state index in [1.165, 1.54) is 5.56 Å². The molecule has 0 spiro atoms. The molecule has 25 heavy (non-hydrogen) atoms. The zero-order valence-corrected chi connectivity index (χ0v) is 14.1. The van der Waals surface area contributed by atoms with Gasteiger partial charge in [-0.05, 0) is 41.8 Å². The Balaban J connectivity index is 1.73. The fraction of sp³-hybridized carbons (Fsp3) is 0.158. The van der Waals surface area contributed by atoms with E-state index in [1.54, 1.807) is 24.4 Å². The van der Waals surface area contributed by atoms with Crippen LogP contribution in [0.25, 0.3) is 0 Å². The lowest BCUT2D eigenvalue weighted by atomic mass is 10.0. The molecule has 2 aromatic carbocycles. The molecule has 0 bridgehead atoms. The molecule has 3 rings (SSSR count). The SMILES string of the molecule is CC(C)c1ccc(Nc2cnnc(Nc3cccc(C#N)c3)n2)cc1. The summed E-state index contributed by atoms with van der Waals surface area (Å²) in [6, 6.07) is 17.4. The fourth-order valence-corrected chi connectivity index (χ4v) is 2.31. The Labute approximate surface area is 146 Å². The highest BCUT2D eigenvalue weighted by Crippen LogP contribution is 2.20. The third-order valence-corrected chi connectivity index (χ3v) is 3.66. The Hall–Kier alpha value is -3.46. The van der Waals surface area contributed by atoms with Crippen LogP contribution in [-0.4, -0.2) is 15.2 Å². The molecule has 1 heterocycles. The lowest BCUT2D eigenvalue weighted by molar-refractivity contribution is 0.867. The summed E-state index contributed by atoms with van der Waals surface area (Å²) in [5.41, 5.74) is 3.52. The van der Waals surface area contributed by atoms with Crippen molar-refractivity contribution in [3.8, 4) is 6.07 Å². The van der Waals surface area contributed by atoms with Crippen molar-refractivity contribution in [2.45, 2.75) is 19.8 Å². The van der Waals surface area contributed by atoms with Gasteiger partial charge in [-0.15, -0.1) is 5.10 Å². The van der Waals surface area contributed by atoms with Crippen LogP contribution in [0.2, 0.25) is 0 Å². The highest BCUT2D eigenvalue weighted by atomic mass is 15.3. The van der Waals surface area contributed by atoms with Gasteiger partial charge in [-0.2, -0.15) is 15.3 Å². The van der Waals surface area contributed by atoms with Crippen molar-refractivity contribution in [3.05, 3.63) is 65.9 Å². The molecule has 124 valence electrons. The van der Waals surface area contributed by atoms with Gasteiger partial charge in [0.1, 0.15) is 0 Å². The van der Waals surface area contributed by atoms with Gasteiger partial charge in [0.05, 0.1) is 17.8 Å². The van der Waals surface area contributed by atoms with Gasteiger partial charge < -0.3 is 10.6 Å². The number of aromatic nitrogens is 3. The number of benzene rings is 2. The maximum atomic E-state index is 8.96. The van der Waals surface area contributed by atoms with Crippen molar-refractivity contribution in [2.75, 3.05) is 10.6 Å². The minimum Gasteiger partial charge on any atom is -0.339 e. The summed E-state index contributed by atoms with van der Waals surface area (Å²) in [5, 5.41) is 23.2. The number of rotatable bonds is 5. The monoisotopic (exact) mass is 330 g/mol. The van der Waals surface area contributed by atoms with Crippen LogP contribution in [0.4, 0.5) is 23.1 Å². The van der Waals surface area contributed by atoms with Crippen LogP contribution in [0, 0.1) is 11.3 Å². The maximum Gasteiger partial charge on any atom is 0.249 e. The summed E-state index contributed by atoms with van der Waals surface area (Å²) in [5.74, 6) is 1.44. The van der Waals surface area contributed by atoms with Crippen LogP contribution in [0.5, 0.6) is 0 Å². The lowest BCUT2D eigenvalue weighted by Gasteiger charge is -2.09. The van der Waals surface area contributed by atoms with E-state index in [1.807, 2.05) is 18.2 Å². The Bertz CT molecular complexity index is 896. The first-order valence-corrected chi connectivity index (χ1v) is 7.98. The second-order valence-corrected chi connectivity index (χ2v) is 5.88. The molecule has 6 heteroatoms. The molecule has 0 aliphatic rings. The predicted octanol–water partition coefficient (Wildman–Crippen LogP) is 4.35. The van der Waals surface area contributed by atoms with Crippen molar-refractivity contribution in [2.24, 2.45) is 0 Å². The van der Waals surface area contributed by atoms with Gasteiger partial charge >= 0.3 is 0 Å². The zero-order valence-electron chi connectivity index (χ0n) is 14.1. The van der Waals surface area contributed by atoms with Crippen LogP contribution in [0.1, 0.15) is 30.9 Å². The second kappa shape index (κ2) is 7.41. The predicted molar refractivity (Wildman–Crippen MR) is 98.1 cm³/mol. The summed E-state index contributed by atoms with van der Waals surface area (Å²) in [7, 11) is 0. The van der Waals surface area contributed by atoms with Crippen LogP contribution in [0.3, 0.4) is 0 Å². The van der Waals surface area contributed by atoms with E-state index in [0.29, 0.717) is 23.2 Å². The highest BCUT2D eigenvalue weighted by Gasteiger charge is 2.04. The molecule has 0 unspecified atom stereocenters. The second-order valence-electron chi connectivity index (χ2n) is 5.88. The molecule has 1 aromatic heterocycles. The molecule has 6 nitrogen and oxygen atoms in total. The minimum atomic E-state index is 0.360. The van der Waals surface area contributed by atoms with E-state index in [2.05, 4.69) is 57.9 Å². The number of nitrogens with one attached hydrogen (secondary N) is 2. The maximum absolute atomic E-state index is 8.96. The number of nitriles is 1. The van der Waals surface area contributed by atoms with Gasteiger partial charge in [0.2, 0.25) is 5.95 Å². The normalized spacial score (nSPS) is 10.3. The Morgan fingerprint density at radius 1 is 1.00 bits per heavy atom. The molecule has 0 aliphatic carbocycles. The molecule has 0 fully saturated rings. The van der Waals surface area contributed by atoms with Gasteiger partial charge in [0.15, 0.2) is 5.82 Å². The van der Waals surface area contributed by atoms with E-state index in [9.17, 15) is 0 Å². The quantitative estimate of drug-likeness (QED) is 0.723. The van der Waals surface area contributed by atoms with Crippen LogP contribution >= 0.6 is 0 Å². The summed E-state index contributed by atoms with van der Waals surface area (Å²) >= 11 is 0.